The molecule has 0 radical (unpaired) electrons. The van der Waals surface area contributed by atoms with Crippen molar-refractivity contribution < 1.29 is 4.39 Å². The van der Waals surface area contributed by atoms with Gasteiger partial charge in [-0.3, -0.25) is 4.79 Å². The van der Waals surface area contributed by atoms with Gasteiger partial charge in [0.05, 0.1) is 11.3 Å². The van der Waals surface area contributed by atoms with Crippen LogP contribution in [0.5, 0.6) is 0 Å². The van der Waals surface area contributed by atoms with Gasteiger partial charge in [0, 0.05) is 5.92 Å². The molecule has 0 spiro atoms. The number of nitrogens with zero attached hydrogens (tertiary/aromatic N) is 1. The fourth-order valence-corrected chi connectivity index (χ4v) is 4.82. The van der Waals surface area contributed by atoms with Crippen LogP contribution in [0.25, 0.3) is 6.08 Å². The summed E-state index contributed by atoms with van der Waals surface area (Å²) < 4.78 is 14.0. The molecule has 1 saturated carbocycles. The van der Waals surface area contributed by atoms with Crippen LogP contribution in [0.2, 0.25) is 0 Å². The fraction of sp³-hybridized carbons (Fsp3) is 0.657. The first-order valence-corrected chi connectivity index (χ1v) is 15.5. The molecule has 4 heteroatoms. The number of alkyl halides is 1. The summed E-state index contributed by atoms with van der Waals surface area (Å²) in [5.74, 6) is 1.94. The van der Waals surface area contributed by atoms with Gasteiger partial charge >= 0.3 is 0 Å². The standard InChI is InChI=1S/C17H27FN2O.C8H10.C6H12.2C2H6/c1-7-12(10-17(5,6)18)14(9-3)15-19-11(4)13(8-2)16(21)20-15;1-2-8-6-4-3-5-7-8;1-6-4-2-3-5-6;2*1-2/h8,12,14H,2,7,9-10H2,1,3-6H3,(H,19,20,21);3-7H,2H2,1H3;6H,2-5H2,1H3;2*1-2H3/t12?,14-;;;;/m1..../s1. The van der Waals surface area contributed by atoms with Crippen LogP contribution in [0.15, 0.2) is 41.7 Å². The van der Waals surface area contributed by atoms with Crippen molar-refractivity contribution in [1.82, 2.24) is 9.97 Å². The van der Waals surface area contributed by atoms with E-state index in [2.05, 4.69) is 68.5 Å². The smallest absolute Gasteiger partial charge is 0.258 e. The fourth-order valence-electron chi connectivity index (χ4n) is 4.82. The highest BCUT2D eigenvalue weighted by Crippen LogP contribution is 2.35. The molecule has 39 heavy (non-hydrogen) atoms. The number of nitrogens with one attached hydrogen (secondary N) is 1. The minimum atomic E-state index is -1.22. The first-order chi connectivity index (χ1) is 18.6. The van der Waals surface area contributed by atoms with Crippen molar-refractivity contribution in [3.63, 3.8) is 0 Å². The highest BCUT2D eigenvalue weighted by molar-refractivity contribution is 5.47. The van der Waals surface area contributed by atoms with Crippen LogP contribution in [0, 0.1) is 18.8 Å². The maximum atomic E-state index is 14.0. The molecule has 1 N–H and O–H groups in total. The van der Waals surface area contributed by atoms with Crippen LogP contribution in [0.1, 0.15) is 143 Å². The molecule has 1 fully saturated rings. The minimum absolute atomic E-state index is 0.0651. The Bertz CT molecular complexity index is 908. The van der Waals surface area contributed by atoms with E-state index in [1.54, 1.807) is 13.8 Å². The lowest BCUT2D eigenvalue weighted by molar-refractivity contribution is 0.151. The van der Waals surface area contributed by atoms with Gasteiger partial charge in [-0.15, -0.1) is 0 Å². The van der Waals surface area contributed by atoms with E-state index in [1.165, 1.54) is 37.3 Å². The molecule has 3 rings (SSSR count). The number of benzene rings is 1. The SMILES string of the molecule is C=Cc1c(C)nc([C@H](CC)C(CC)CC(C)(C)F)[nH]c1=O.CC.CC.CC1CCCC1.CCc1ccccc1. The van der Waals surface area contributed by atoms with E-state index in [0.29, 0.717) is 23.5 Å². The molecule has 224 valence electrons. The molecule has 1 aromatic heterocycles. The van der Waals surface area contributed by atoms with Crippen molar-refractivity contribution in [3.05, 3.63) is 69.9 Å². The predicted octanol–water partition coefficient (Wildman–Crippen LogP) is 10.9. The van der Waals surface area contributed by atoms with Crippen molar-refractivity contribution in [2.45, 2.75) is 139 Å². The molecule has 0 bridgehead atoms. The molecule has 1 heterocycles. The van der Waals surface area contributed by atoms with Gasteiger partial charge in [-0.05, 0) is 57.4 Å². The van der Waals surface area contributed by atoms with Crippen molar-refractivity contribution in [2.24, 2.45) is 11.8 Å². The van der Waals surface area contributed by atoms with Crippen LogP contribution in [-0.2, 0) is 6.42 Å². The molecule has 0 amide bonds. The van der Waals surface area contributed by atoms with E-state index in [-0.39, 0.29) is 17.4 Å². The molecule has 1 unspecified atom stereocenters. The summed E-state index contributed by atoms with van der Waals surface area (Å²) >= 11 is 0. The zero-order valence-corrected chi connectivity index (χ0v) is 27.3. The second-order valence-electron chi connectivity index (χ2n) is 10.5. The molecular weight excluding hydrogens is 483 g/mol. The summed E-state index contributed by atoms with van der Waals surface area (Å²) in [6, 6.07) is 10.5. The van der Waals surface area contributed by atoms with Gasteiger partial charge in [0.1, 0.15) is 11.5 Å². The van der Waals surface area contributed by atoms with Crippen LogP contribution in [0.3, 0.4) is 0 Å². The van der Waals surface area contributed by atoms with Crippen molar-refractivity contribution in [3.8, 4) is 0 Å². The molecule has 0 saturated heterocycles. The van der Waals surface area contributed by atoms with Gasteiger partial charge in [0.2, 0.25) is 0 Å². The lowest BCUT2D eigenvalue weighted by Gasteiger charge is -2.28. The van der Waals surface area contributed by atoms with E-state index >= 15 is 0 Å². The second-order valence-corrected chi connectivity index (χ2v) is 10.5. The van der Waals surface area contributed by atoms with Crippen LogP contribution in [0.4, 0.5) is 4.39 Å². The Labute approximate surface area is 241 Å². The monoisotopic (exact) mass is 544 g/mol. The quantitative estimate of drug-likeness (QED) is 0.359. The summed E-state index contributed by atoms with van der Waals surface area (Å²) in [7, 11) is 0. The molecule has 1 aliphatic carbocycles. The minimum Gasteiger partial charge on any atom is -0.310 e. The average molecular weight is 545 g/mol. The number of aromatic nitrogens is 2. The Morgan fingerprint density at radius 2 is 1.59 bits per heavy atom. The Hall–Kier alpha value is -2.23. The maximum Gasteiger partial charge on any atom is 0.258 e. The maximum absolute atomic E-state index is 14.0. The summed E-state index contributed by atoms with van der Waals surface area (Å²) in [4.78, 5) is 19.5. The lowest BCUT2D eigenvalue weighted by Crippen LogP contribution is -2.26. The first kappa shape index (κ1) is 38.9. The van der Waals surface area contributed by atoms with Crippen molar-refractivity contribution in [2.75, 3.05) is 0 Å². The molecular formula is C35H61FN2O. The highest BCUT2D eigenvalue weighted by atomic mass is 19.1. The Morgan fingerprint density at radius 1 is 1.05 bits per heavy atom. The molecule has 1 aliphatic rings. The van der Waals surface area contributed by atoms with E-state index in [9.17, 15) is 9.18 Å². The molecule has 2 atom stereocenters. The van der Waals surface area contributed by atoms with Crippen LogP contribution >= 0.6 is 0 Å². The third kappa shape index (κ3) is 16.5. The average Bonchev–Trinajstić information content (AvgIpc) is 3.42. The van der Waals surface area contributed by atoms with E-state index in [1.807, 2.05) is 40.7 Å². The predicted molar refractivity (Wildman–Crippen MR) is 172 cm³/mol. The van der Waals surface area contributed by atoms with Gasteiger partial charge in [0.15, 0.2) is 0 Å². The number of aryl methyl sites for hydroxylation is 2. The zero-order chi connectivity index (χ0) is 30.4. The largest absolute Gasteiger partial charge is 0.310 e. The molecule has 0 aliphatic heterocycles. The zero-order valence-electron chi connectivity index (χ0n) is 27.3. The normalized spacial score (nSPS) is 14.1. The van der Waals surface area contributed by atoms with E-state index in [0.717, 1.165) is 25.2 Å². The number of hydrogen-bond acceptors (Lipinski definition) is 2. The number of rotatable bonds is 8. The number of H-pyrrole nitrogens is 1. The molecule has 1 aromatic carbocycles. The summed E-state index contributed by atoms with van der Waals surface area (Å²) in [6.45, 7) is 25.3. The first-order valence-electron chi connectivity index (χ1n) is 15.5. The number of halogens is 1. The molecule has 3 nitrogen and oxygen atoms in total. The van der Waals surface area contributed by atoms with Crippen molar-refractivity contribution >= 4 is 6.08 Å². The summed E-state index contributed by atoms with van der Waals surface area (Å²) in [6.07, 6.45) is 10.8. The summed E-state index contributed by atoms with van der Waals surface area (Å²) in [5.41, 5.74) is 1.21. The third-order valence-electron chi connectivity index (χ3n) is 6.90. The Kier molecular flexibility index (Phi) is 22.5. The summed E-state index contributed by atoms with van der Waals surface area (Å²) in [5, 5.41) is 0. The molecule has 2 aromatic rings. The van der Waals surface area contributed by atoms with Gasteiger partial charge in [0.25, 0.3) is 5.56 Å². The van der Waals surface area contributed by atoms with Crippen LogP contribution < -0.4 is 5.56 Å². The Morgan fingerprint density at radius 3 is 1.90 bits per heavy atom. The number of aromatic amines is 1. The Balaban J connectivity index is 0. The van der Waals surface area contributed by atoms with Crippen LogP contribution in [-0.4, -0.2) is 15.6 Å². The van der Waals surface area contributed by atoms with E-state index in [4.69, 9.17) is 0 Å². The van der Waals surface area contributed by atoms with Crippen molar-refractivity contribution in [1.29, 1.82) is 0 Å². The van der Waals surface area contributed by atoms with Gasteiger partial charge in [-0.1, -0.05) is 130 Å². The van der Waals surface area contributed by atoms with Gasteiger partial charge in [-0.25, -0.2) is 9.37 Å². The topological polar surface area (TPSA) is 45.8 Å². The number of hydrogen-bond donors (Lipinski definition) is 1. The van der Waals surface area contributed by atoms with Gasteiger partial charge < -0.3 is 4.98 Å². The highest BCUT2D eigenvalue weighted by Gasteiger charge is 2.29. The van der Waals surface area contributed by atoms with Gasteiger partial charge in [-0.2, -0.15) is 0 Å². The third-order valence-corrected chi connectivity index (χ3v) is 6.90. The van der Waals surface area contributed by atoms with E-state index < -0.39 is 5.67 Å². The lowest BCUT2D eigenvalue weighted by atomic mass is 9.80. The second kappa shape index (κ2) is 22.6.